The van der Waals surface area contributed by atoms with Gasteiger partial charge < -0.3 is 5.11 Å². The van der Waals surface area contributed by atoms with Gasteiger partial charge in [0, 0.05) is 5.92 Å². The number of hydrogen-bond acceptors (Lipinski definition) is 5. The third-order valence-corrected chi connectivity index (χ3v) is 10.6. The molecule has 0 aromatic carbocycles. The molecule has 0 radical (unpaired) electrons. The van der Waals surface area contributed by atoms with E-state index in [-0.39, 0.29) is 29.5 Å². The number of Topliss-reactive ketones (excluding diaryl/α,β-unsaturated/α-hetero) is 1. The third-order valence-electron chi connectivity index (χ3n) is 10.6. The molecule has 194 valence electrons. The van der Waals surface area contributed by atoms with E-state index in [4.69, 9.17) is 0 Å². The molecule has 4 aliphatic carbocycles. The van der Waals surface area contributed by atoms with Crippen molar-refractivity contribution in [2.75, 3.05) is 0 Å². The largest absolute Gasteiger partial charge is 0.390 e. The Balaban J connectivity index is 1.17. The zero-order chi connectivity index (χ0) is 25.2. The number of carbonyl (C=O) groups excluding carboxylic acids is 1. The first-order valence-corrected chi connectivity index (χ1v) is 13.7. The van der Waals surface area contributed by atoms with Crippen molar-refractivity contribution in [2.45, 2.75) is 83.8 Å². The standard InChI is InChI=1S/C28H37FN4O3/c1-27(36)12-10-18-17(14-27)6-7-20-19(18)11-13-28(2)21(20)8-9-22(28)23(34)15-32-16-30-33(26(32)35)25-5-3-4-24(29)31-25/h3-5,16-22,36H,6-15H2,1-2H3/t17-,18+,19-,20-,21+,22-,27-,28+/m1/s1. The number of halogens is 1. The van der Waals surface area contributed by atoms with Crippen LogP contribution >= 0.6 is 0 Å². The second-order valence-electron chi connectivity index (χ2n) is 12.6. The van der Waals surface area contributed by atoms with Crippen molar-refractivity contribution < 1.29 is 14.3 Å². The lowest BCUT2D eigenvalue weighted by atomic mass is 9.49. The van der Waals surface area contributed by atoms with Gasteiger partial charge in [-0.15, -0.1) is 0 Å². The first kappa shape index (κ1) is 24.0. The van der Waals surface area contributed by atoms with E-state index in [0.29, 0.717) is 17.8 Å². The van der Waals surface area contributed by atoms with E-state index in [1.165, 1.54) is 48.4 Å². The number of hydrogen-bond donors (Lipinski definition) is 1. The van der Waals surface area contributed by atoms with Crippen LogP contribution in [0.2, 0.25) is 0 Å². The predicted molar refractivity (Wildman–Crippen MR) is 132 cm³/mol. The van der Waals surface area contributed by atoms with Crippen LogP contribution in [0.1, 0.15) is 71.6 Å². The number of rotatable bonds is 4. The number of fused-ring (bicyclic) bond motifs is 5. The molecule has 0 spiro atoms. The lowest BCUT2D eigenvalue weighted by Gasteiger charge is -2.56. The maximum absolute atomic E-state index is 13.6. The maximum Gasteiger partial charge on any atom is 0.352 e. The average Bonchev–Trinajstić information content (AvgIpc) is 3.37. The minimum Gasteiger partial charge on any atom is -0.390 e. The van der Waals surface area contributed by atoms with Crippen molar-refractivity contribution in [1.29, 1.82) is 0 Å². The maximum atomic E-state index is 13.6. The van der Waals surface area contributed by atoms with E-state index in [1.54, 1.807) is 0 Å². The fourth-order valence-corrected chi connectivity index (χ4v) is 9.00. The summed E-state index contributed by atoms with van der Waals surface area (Å²) in [5.41, 5.74) is -0.996. The lowest BCUT2D eigenvalue weighted by molar-refractivity contribution is -0.133. The summed E-state index contributed by atoms with van der Waals surface area (Å²) in [4.78, 5) is 30.2. The molecular formula is C28H37FN4O3. The molecule has 2 aromatic heterocycles. The predicted octanol–water partition coefficient (Wildman–Crippen LogP) is 4.16. The van der Waals surface area contributed by atoms with Crippen molar-refractivity contribution >= 4 is 5.78 Å². The summed E-state index contributed by atoms with van der Waals surface area (Å²) < 4.78 is 15.9. The quantitative estimate of drug-likeness (QED) is 0.642. The van der Waals surface area contributed by atoms with E-state index in [2.05, 4.69) is 17.0 Å². The van der Waals surface area contributed by atoms with E-state index < -0.39 is 17.2 Å². The Kier molecular flexibility index (Phi) is 5.74. The van der Waals surface area contributed by atoms with Crippen molar-refractivity contribution in [3.63, 3.8) is 0 Å². The highest BCUT2D eigenvalue weighted by Crippen LogP contribution is 2.64. The smallest absolute Gasteiger partial charge is 0.352 e. The summed E-state index contributed by atoms with van der Waals surface area (Å²) in [6.45, 7) is 4.32. The Morgan fingerprint density at radius 3 is 2.69 bits per heavy atom. The molecule has 7 nitrogen and oxygen atoms in total. The molecule has 4 aliphatic rings. The van der Waals surface area contributed by atoms with Gasteiger partial charge in [0.05, 0.1) is 12.1 Å². The Labute approximate surface area is 211 Å². The van der Waals surface area contributed by atoms with Gasteiger partial charge in [0.1, 0.15) is 6.33 Å². The fraction of sp³-hybridized carbons (Fsp3) is 0.714. The zero-order valence-electron chi connectivity index (χ0n) is 21.3. The summed E-state index contributed by atoms with van der Waals surface area (Å²) in [6.07, 6.45) is 11.0. The van der Waals surface area contributed by atoms with Gasteiger partial charge in [-0.3, -0.25) is 9.36 Å². The normalized spacial score (nSPS) is 39.8. The van der Waals surface area contributed by atoms with Gasteiger partial charge in [-0.25, -0.2) is 4.79 Å². The summed E-state index contributed by atoms with van der Waals surface area (Å²) in [5.74, 6) is 2.82. The monoisotopic (exact) mass is 496 g/mol. The second-order valence-corrected chi connectivity index (χ2v) is 12.6. The van der Waals surface area contributed by atoms with Crippen LogP contribution in [0.25, 0.3) is 5.82 Å². The van der Waals surface area contributed by atoms with Crippen LogP contribution < -0.4 is 5.69 Å². The van der Waals surface area contributed by atoms with E-state index in [9.17, 15) is 19.1 Å². The minimum absolute atomic E-state index is 0.00496. The van der Waals surface area contributed by atoms with Gasteiger partial charge in [-0.2, -0.15) is 19.2 Å². The van der Waals surface area contributed by atoms with Gasteiger partial charge in [0.2, 0.25) is 5.95 Å². The van der Waals surface area contributed by atoms with Crippen LogP contribution in [0.4, 0.5) is 4.39 Å². The van der Waals surface area contributed by atoms with Crippen LogP contribution in [0.3, 0.4) is 0 Å². The molecule has 4 saturated carbocycles. The van der Waals surface area contributed by atoms with Gasteiger partial charge >= 0.3 is 5.69 Å². The molecule has 8 heteroatoms. The summed E-state index contributed by atoms with van der Waals surface area (Å²) in [6, 6.07) is 4.21. The van der Waals surface area contributed by atoms with E-state index in [0.717, 1.165) is 55.0 Å². The van der Waals surface area contributed by atoms with Crippen LogP contribution in [0.5, 0.6) is 0 Å². The van der Waals surface area contributed by atoms with E-state index in [1.807, 2.05) is 6.92 Å². The fourth-order valence-electron chi connectivity index (χ4n) is 9.00. The summed E-state index contributed by atoms with van der Waals surface area (Å²) >= 11 is 0. The molecule has 0 bridgehead atoms. The van der Waals surface area contributed by atoms with Crippen LogP contribution in [-0.4, -0.2) is 35.8 Å². The minimum atomic E-state index is -0.682. The number of aliphatic hydroxyl groups is 1. The molecule has 0 saturated heterocycles. The molecular weight excluding hydrogens is 459 g/mol. The van der Waals surface area contributed by atoms with Crippen molar-refractivity contribution in [3.05, 3.63) is 41.0 Å². The average molecular weight is 497 g/mol. The van der Waals surface area contributed by atoms with Crippen molar-refractivity contribution in [1.82, 2.24) is 19.3 Å². The molecule has 2 heterocycles. The molecule has 36 heavy (non-hydrogen) atoms. The molecule has 0 unspecified atom stereocenters. The molecule has 0 amide bonds. The highest BCUT2D eigenvalue weighted by atomic mass is 19.1. The Morgan fingerprint density at radius 1 is 1.08 bits per heavy atom. The number of carbonyl (C=O) groups is 1. The molecule has 6 rings (SSSR count). The lowest BCUT2D eigenvalue weighted by Crippen LogP contribution is -2.51. The van der Waals surface area contributed by atoms with Gasteiger partial charge in [0.25, 0.3) is 0 Å². The van der Waals surface area contributed by atoms with Crippen LogP contribution in [0, 0.1) is 46.9 Å². The Hall–Kier alpha value is -2.35. The molecule has 4 fully saturated rings. The summed E-state index contributed by atoms with van der Waals surface area (Å²) in [7, 11) is 0. The Morgan fingerprint density at radius 2 is 1.89 bits per heavy atom. The van der Waals surface area contributed by atoms with Gasteiger partial charge in [0.15, 0.2) is 11.6 Å². The van der Waals surface area contributed by atoms with Gasteiger partial charge in [-0.1, -0.05) is 13.0 Å². The van der Waals surface area contributed by atoms with E-state index >= 15 is 0 Å². The van der Waals surface area contributed by atoms with Crippen LogP contribution in [-0.2, 0) is 11.3 Å². The second kappa shape index (κ2) is 8.61. The Bertz CT molecular complexity index is 1220. The number of ketones is 1. The number of aromatic nitrogens is 4. The highest BCUT2D eigenvalue weighted by molar-refractivity contribution is 5.82. The first-order valence-electron chi connectivity index (χ1n) is 13.7. The molecule has 8 atom stereocenters. The van der Waals surface area contributed by atoms with Gasteiger partial charge in [-0.05, 0) is 112 Å². The number of pyridine rings is 1. The SMILES string of the molecule is C[C@@]1(O)CC[C@H]2[C@H](CC[C@@H]3[C@@H]2CC[C@]2(C)[C@@H](C(=O)Cn4cnn(-c5cccc(F)n5)c4=O)CC[C@@H]32)C1. The van der Waals surface area contributed by atoms with Crippen LogP contribution in [0.15, 0.2) is 29.3 Å². The molecule has 1 N–H and O–H groups in total. The number of nitrogens with zero attached hydrogens (tertiary/aromatic N) is 4. The zero-order valence-corrected chi connectivity index (χ0v) is 21.3. The summed E-state index contributed by atoms with van der Waals surface area (Å²) in [5, 5.41) is 14.7. The van der Waals surface area contributed by atoms with Crippen molar-refractivity contribution in [3.8, 4) is 5.82 Å². The molecule has 2 aromatic rings. The highest BCUT2D eigenvalue weighted by Gasteiger charge is 2.58. The molecule has 0 aliphatic heterocycles. The topological polar surface area (TPSA) is 90.0 Å². The first-order chi connectivity index (χ1) is 17.2. The third kappa shape index (κ3) is 3.87. The van der Waals surface area contributed by atoms with Crippen molar-refractivity contribution in [2.24, 2.45) is 40.9 Å².